The average Bonchev–Trinajstić information content (AvgIpc) is 2.94. The number of carbonyl (C=O) groups excluding carboxylic acids is 1. The van der Waals surface area contributed by atoms with E-state index in [-0.39, 0.29) is 23.1 Å². The van der Waals surface area contributed by atoms with Gasteiger partial charge in [0.15, 0.2) is 15.0 Å². The van der Waals surface area contributed by atoms with Crippen molar-refractivity contribution in [3.05, 3.63) is 35.9 Å². The zero-order valence-electron chi connectivity index (χ0n) is 12.9. The van der Waals surface area contributed by atoms with Crippen molar-refractivity contribution in [3.8, 4) is 18.0 Å². The summed E-state index contributed by atoms with van der Waals surface area (Å²) in [6, 6.07) is 3.48. The van der Waals surface area contributed by atoms with Crippen molar-refractivity contribution in [3.63, 3.8) is 0 Å². The number of halogens is 1. The van der Waals surface area contributed by atoms with Gasteiger partial charge in [-0.05, 0) is 12.1 Å². The van der Waals surface area contributed by atoms with Crippen LogP contribution in [0, 0.1) is 12.3 Å². The summed E-state index contributed by atoms with van der Waals surface area (Å²) in [4.78, 5) is 17.5. The lowest BCUT2D eigenvalue weighted by molar-refractivity contribution is -0.116. The largest absolute Gasteiger partial charge is 0.295 e. The number of nitrogens with zero attached hydrogens (tertiary/aromatic N) is 4. The molecule has 126 valence electrons. The van der Waals surface area contributed by atoms with E-state index in [9.17, 15) is 13.2 Å². The lowest BCUT2D eigenvalue weighted by Gasteiger charge is -2.18. The van der Waals surface area contributed by atoms with Crippen molar-refractivity contribution in [1.82, 2.24) is 14.8 Å². The van der Waals surface area contributed by atoms with Gasteiger partial charge in [0.1, 0.15) is 11.4 Å². The number of rotatable bonds is 6. The molecule has 0 aliphatic heterocycles. The van der Waals surface area contributed by atoms with E-state index in [1.165, 1.54) is 17.8 Å². The van der Waals surface area contributed by atoms with Gasteiger partial charge in [0.05, 0.1) is 24.6 Å². The molecule has 0 aromatic carbocycles. The Morgan fingerprint density at radius 1 is 1.50 bits per heavy atom. The van der Waals surface area contributed by atoms with Crippen LogP contribution in [-0.4, -0.2) is 47.1 Å². The lowest BCUT2D eigenvalue weighted by atomic mass is 10.4. The van der Waals surface area contributed by atoms with E-state index in [0.29, 0.717) is 5.69 Å². The SMILES string of the molecule is C#CCN(C(=O)CS(=O)(=O)CC)c1cn(-c2cccnc2)nc1Cl. The minimum Gasteiger partial charge on any atom is -0.295 e. The van der Waals surface area contributed by atoms with Crippen LogP contribution in [0.5, 0.6) is 0 Å². The molecular formula is C15H15ClN4O3S. The molecule has 0 bridgehead atoms. The average molecular weight is 367 g/mol. The number of terminal acetylenes is 1. The van der Waals surface area contributed by atoms with E-state index in [2.05, 4.69) is 16.0 Å². The maximum absolute atomic E-state index is 12.3. The van der Waals surface area contributed by atoms with Crippen LogP contribution in [0.25, 0.3) is 5.69 Å². The molecule has 0 saturated carbocycles. The molecule has 0 atom stereocenters. The number of sulfone groups is 1. The minimum absolute atomic E-state index is 0.0383. The molecule has 2 rings (SSSR count). The number of carbonyl (C=O) groups is 1. The quantitative estimate of drug-likeness (QED) is 0.720. The molecular weight excluding hydrogens is 352 g/mol. The molecule has 2 aromatic rings. The lowest BCUT2D eigenvalue weighted by Crippen LogP contribution is -2.36. The molecule has 1 amide bonds. The Kier molecular flexibility index (Phi) is 5.59. The van der Waals surface area contributed by atoms with Crippen LogP contribution in [-0.2, 0) is 14.6 Å². The van der Waals surface area contributed by atoms with Gasteiger partial charge in [-0.3, -0.25) is 14.7 Å². The standard InChI is InChI=1S/C15H15ClN4O3S/c1-3-8-19(14(21)11-24(22,23)4-2)13-10-20(18-15(13)16)12-6-5-7-17-9-12/h1,5-7,9-10H,4,8,11H2,2H3. The number of anilines is 1. The van der Waals surface area contributed by atoms with Gasteiger partial charge in [0.2, 0.25) is 5.91 Å². The Morgan fingerprint density at radius 3 is 2.83 bits per heavy atom. The number of pyridine rings is 1. The van der Waals surface area contributed by atoms with Gasteiger partial charge in [-0.15, -0.1) is 6.42 Å². The van der Waals surface area contributed by atoms with Gasteiger partial charge in [-0.2, -0.15) is 5.10 Å². The highest BCUT2D eigenvalue weighted by Crippen LogP contribution is 2.26. The summed E-state index contributed by atoms with van der Waals surface area (Å²) in [7, 11) is -3.49. The monoisotopic (exact) mass is 366 g/mol. The Morgan fingerprint density at radius 2 is 2.25 bits per heavy atom. The molecule has 0 saturated heterocycles. The zero-order chi connectivity index (χ0) is 17.7. The van der Waals surface area contributed by atoms with Crippen molar-refractivity contribution in [2.24, 2.45) is 0 Å². The summed E-state index contributed by atoms with van der Waals surface area (Å²) in [5.41, 5.74) is 0.884. The Labute approximate surface area is 145 Å². The fraction of sp³-hybridized carbons (Fsp3) is 0.267. The van der Waals surface area contributed by atoms with Crippen molar-refractivity contribution in [2.75, 3.05) is 23.0 Å². The zero-order valence-corrected chi connectivity index (χ0v) is 14.5. The third kappa shape index (κ3) is 4.13. The predicted molar refractivity (Wildman–Crippen MR) is 91.9 cm³/mol. The first-order valence-corrected chi connectivity index (χ1v) is 9.17. The molecule has 24 heavy (non-hydrogen) atoms. The van der Waals surface area contributed by atoms with Crippen molar-refractivity contribution in [1.29, 1.82) is 0 Å². The van der Waals surface area contributed by atoms with Crippen LogP contribution in [0.1, 0.15) is 6.92 Å². The summed E-state index contributed by atoms with van der Waals surface area (Å²) in [5.74, 6) is 0.906. The molecule has 0 aliphatic rings. The Hall–Kier alpha value is -2.37. The fourth-order valence-corrected chi connectivity index (χ4v) is 2.88. The second kappa shape index (κ2) is 7.47. The summed E-state index contributed by atoms with van der Waals surface area (Å²) >= 11 is 6.11. The van der Waals surface area contributed by atoms with E-state index in [1.807, 2.05) is 0 Å². The highest BCUT2D eigenvalue weighted by Gasteiger charge is 2.25. The summed E-state index contributed by atoms with van der Waals surface area (Å²) in [5, 5.41) is 4.15. The number of hydrogen-bond donors (Lipinski definition) is 0. The topological polar surface area (TPSA) is 85.2 Å². The molecule has 2 aromatic heterocycles. The smallest absolute Gasteiger partial charge is 0.243 e. The van der Waals surface area contributed by atoms with Gasteiger partial charge < -0.3 is 0 Å². The normalized spacial score (nSPS) is 11.0. The van der Waals surface area contributed by atoms with Crippen LogP contribution in [0.3, 0.4) is 0 Å². The third-order valence-corrected chi connectivity index (χ3v) is 5.02. The molecule has 9 heteroatoms. The second-order valence-corrected chi connectivity index (χ2v) is 7.53. The van der Waals surface area contributed by atoms with Crippen LogP contribution < -0.4 is 4.90 Å². The van der Waals surface area contributed by atoms with Crippen LogP contribution in [0.4, 0.5) is 5.69 Å². The Bertz CT molecular complexity index is 872. The molecule has 0 radical (unpaired) electrons. The highest BCUT2D eigenvalue weighted by atomic mass is 35.5. The van der Waals surface area contributed by atoms with Gasteiger partial charge in [-0.25, -0.2) is 13.1 Å². The molecule has 7 nitrogen and oxygen atoms in total. The van der Waals surface area contributed by atoms with Gasteiger partial charge in [0, 0.05) is 11.9 Å². The maximum Gasteiger partial charge on any atom is 0.243 e. The van der Waals surface area contributed by atoms with Crippen molar-refractivity contribution < 1.29 is 13.2 Å². The molecule has 2 heterocycles. The van der Waals surface area contributed by atoms with E-state index in [0.717, 1.165) is 4.90 Å². The van der Waals surface area contributed by atoms with Crippen molar-refractivity contribution in [2.45, 2.75) is 6.92 Å². The van der Waals surface area contributed by atoms with Crippen LogP contribution in [0.2, 0.25) is 5.15 Å². The van der Waals surface area contributed by atoms with E-state index < -0.39 is 21.5 Å². The Balaban J connectivity index is 2.37. The van der Waals surface area contributed by atoms with Gasteiger partial charge in [0.25, 0.3) is 0 Å². The van der Waals surface area contributed by atoms with E-state index >= 15 is 0 Å². The van der Waals surface area contributed by atoms with Crippen LogP contribution in [0.15, 0.2) is 30.7 Å². The summed E-state index contributed by atoms with van der Waals surface area (Å²) < 4.78 is 24.8. The third-order valence-electron chi connectivity index (χ3n) is 3.19. The molecule has 0 unspecified atom stereocenters. The summed E-state index contributed by atoms with van der Waals surface area (Å²) in [6.07, 6.45) is 9.98. The number of hydrogen-bond acceptors (Lipinski definition) is 5. The first kappa shape index (κ1) is 18.0. The first-order chi connectivity index (χ1) is 11.4. The van der Waals surface area contributed by atoms with Crippen LogP contribution >= 0.6 is 11.6 Å². The molecule has 0 N–H and O–H groups in total. The van der Waals surface area contributed by atoms with Crippen molar-refractivity contribution >= 4 is 33.0 Å². The minimum atomic E-state index is -3.49. The second-order valence-electron chi connectivity index (χ2n) is 4.82. The predicted octanol–water partition coefficient (Wildman–Crippen LogP) is 1.32. The molecule has 0 aliphatic carbocycles. The van der Waals surface area contributed by atoms with E-state index in [4.69, 9.17) is 18.0 Å². The summed E-state index contributed by atoms with van der Waals surface area (Å²) in [6.45, 7) is 1.36. The molecule has 0 fully saturated rings. The van der Waals surface area contributed by atoms with Gasteiger partial charge in [-0.1, -0.05) is 24.4 Å². The van der Waals surface area contributed by atoms with Gasteiger partial charge >= 0.3 is 0 Å². The first-order valence-electron chi connectivity index (χ1n) is 6.97. The molecule has 0 spiro atoms. The maximum atomic E-state index is 12.3. The number of amides is 1. The van der Waals surface area contributed by atoms with E-state index in [1.54, 1.807) is 24.5 Å². The number of aromatic nitrogens is 3. The highest BCUT2D eigenvalue weighted by molar-refractivity contribution is 7.92. The fourth-order valence-electron chi connectivity index (χ4n) is 1.91.